The van der Waals surface area contributed by atoms with Gasteiger partial charge in [0.1, 0.15) is 12.4 Å². The maximum Gasteiger partial charge on any atom is 0.192 e. The molecule has 0 atom stereocenters. The normalized spacial score (nSPS) is 20.6. The lowest BCUT2D eigenvalue weighted by Crippen LogP contribution is -2.45. The van der Waals surface area contributed by atoms with Crippen LogP contribution >= 0.6 is 0 Å². The van der Waals surface area contributed by atoms with Gasteiger partial charge >= 0.3 is 0 Å². The molecule has 0 unspecified atom stereocenters. The third-order valence-corrected chi connectivity index (χ3v) is 4.43. The zero-order chi connectivity index (χ0) is 14.7. The van der Waals surface area contributed by atoms with Crippen LogP contribution in [-0.4, -0.2) is 32.8 Å². The van der Waals surface area contributed by atoms with Crippen molar-refractivity contribution >= 4 is 5.96 Å². The summed E-state index contributed by atoms with van der Waals surface area (Å²) in [6.45, 7) is 2.54. The maximum atomic E-state index is 4.71. The van der Waals surface area contributed by atoms with Crippen molar-refractivity contribution in [1.82, 2.24) is 25.4 Å². The standard InChI is InChI=1S/C15H26N6/c1-11-19-20-14(21(11)2)10-16-15(18-13-8-9-13)17-12-6-4-3-5-7-12/h12-13H,3-10H2,1-2H3,(H2,16,17,18). The first kappa shape index (κ1) is 14.4. The van der Waals surface area contributed by atoms with Crippen molar-refractivity contribution in [2.24, 2.45) is 12.0 Å². The molecular formula is C15H26N6. The van der Waals surface area contributed by atoms with E-state index in [1.807, 2.05) is 18.5 Å². The van der Waals surface area contributed by atoms with Gasteiger partial charge in [0, 0.05) is 19.1 Å². The first-order chi connectivity index (χ1) is 10.2. The van der Waals surface area contributed by atoms with E-state index >= 15 is 0 Å². The molecule has 2 aliphatic carbocycles. The molecule has 2 saturated carbocycles. The Hall–Kier alpha value is -1.59. The van der Waals surface area contributed by atoms with E-state index in [-0.39, 0.29) is 0 Å². The molecule has 116 valence electrons. The van der Waals surface area contributed by atoms with Gasteiger partial charge in [0.15, 0.2) is 11.8 Å². The molecule has 1 heterocycles. The van der Waals surface area contributed by atoms with Gasteiger partial charge < -0.3 is 15.2 Å². The van der Waals surface area contributed by atoms with Gasteiger partial charge in [-0.3, -0.25) is 0 Å². The van der Waals surface area contributed by atoms with Gasteiger partial charge in [-0.25, -0.2) is 4.99 Å². The summed E-state index contributed by atoms with van der Waals surface area (Å²) < 4.78 is 2.00. The summed E-state index contributed by atoms with van der Waals surface area (Å²) in [6.07, 6.45) is 9.07. The highest BCUT2D eigenvalue weighted by Crippen LogP contribution is 2.20. The molecule has 1 aromatic rings. The predicted octanol–water partition coefficient (Wildman–Crippen LogP) is 1.65. The van der Waals surface area contributed by atoms with Crippen molar-refractivity contribution in [1.29, 1.82) is 0 Å². The minimum atomic E-state index is 0.574. The average Bonchev–Trinajstić information content (AvgIpc) is 3.25. The fraction of sp³-hybridized carbons (Fsp3) is 0.800. The molecule has 0 aromatic carbocycles. The lowest BCUT2D eigenvalue weighted by atomic mass is 9.96. The van der Waals surface area contributed by atoms with Crippen LogP contribution in [-0.2, 0) is 13.6 Å². The van der Waals surface area contributed by atoms with Crippen molar-refractivity contribution in [3.63, 3.8) is 0 Å². The first-order valence-electron chi connectivity index (χ1n) is 8.15. The largest absolute Gasteiger partial charge is 0.354 e. The third-order valence-electron chi connectivity index (χ3n) is 4.43. The summed E-state index contributed by atoms with van der Waals surface area (Å²) in [7, 11) is 1.99. The van der Waals surface area contributed by atoms with Gasteiger partial charge in [0.25, 0.3) is 0 Å². The Bertz CT molecular complexity index is 496. The van der Waals surface area contributed by atoms with Crippen LogP contribution in [0.15, 0.2) is 4.99 Å². The SMILES string of the molecule is Cc1nnc(CN=C(NC2CCCCC2)NC2CC2)n1C. The molecular weight excluding hydrogens is 264 g/mol. The van der Waals surface area contributed by atoms with Crippen LogP contribution in [0.25, 0.3) is 0 Å². The predicted molar refractivity (Wildman–Crippen MR) is 83.0 cm³/mol. The second-order valence-electron chi connectivity index (χ2n) is 6.29. The van der Waals surface area contributed by atoms with Crippen LogP contribution in [0.1, 0.15) is 56.6 Å². The highest BCUT2D eigenvalue weighted by molar-refractivity contribution is 5.80. The smallest absolute Gasteiger partial charge is 0.192 e. The molecule has 2 aliphatic rings. The molecule has 2 N–H and O–H groups in total. The maximum absolute atomic E-state index is 4.71. The molecule has 0 saturated heterocycles. The molecule has 0 amide bonds. The van der Waals surface area contributed by atoms with Crippen molar-refractivity contribution in [2.45, 2.75) is 70.5 Å². The van der Waals surface area contributed by atoms with Crippen LogP contribution in [0, 0.1) is 6.92 Å². The van der Waals surface area contributed by atoms with E-state index in [1.54, 1.807) is 0 Å². The Balaban J connectivity index is 1.62. The van der Waals surface area contributed by atoms with E-state index in [0.29, 0.717) is 18.6 Å². The van der Waals surface area contributed by atoms with Crippen LogP contribution in [0.4, 0.5) is 0 Å². The van der Waals surface area contributed by atoms with Crippen LogP contribution in [0.3, 0.4) is 0 Å². The number of nitrogens with zero attached hydrogens (tertiary/aromatic N) is 4. The van der Waals surface area contributed by atoms with Crippen LogP contribution < -0.4 is 10.6 Å². The number of aryl methyl sites for hydroxylation is 1. The summed E-state index contributed by atoms with van der Waals surface area (Å²) >= 11 is 0. The fourth-order valence-corrected chi connectivity index (χ4v) is 2.73. The number of guanidine groups is 1. The molecule has 1 aromatic heterocycles. The molecule has 0 aliphatic heterocycles. The van der Waals surface area contributed by atoms with E-state index in [4.69, 9.17) is 4.99 Å². The molecule has 3 rings (SSSR count). The number of hydrogen-bond donors (Lipinski definition) is 2. The quantitative estimate of drug-likeness (QED) is 0.653. The van der Waals surface area contributed by atoms with Gasteiger partial charge in [0.05, 0.1) is 0 Å². The van der Waals surface area contributed by atoms with E-state index in [0.717, 1.165) is 17.6 Å². The molecule has 2 fully saturated rings. The van der Waals surface area contributed by atoms with Crippen molar-refractivity contribution < 1.29 is 0 Å². The van der Waals surface area contributed by atoms with Crippen molar-refractivity contribution in [2.75, 3.05) is 0 Å². The lowest BCUT2D eigenvalue weighted by molar-refractivity contribution is 0.409. The Morgan fingerprint density at radius 1 is 1.10 bits per heavy atom. The van der Waals surface area contributed by atoms with Crippen LogP contribution in [0.2, 0.25) is 0 Å². The van der Waals surface area contributed by atoms with E-state index in [1.165, 1.54) is 44.9 Å². The molecule has 0 bridgehead atoms. The van der Waals surface area contributed by atoms with E-state index in [2.05, 4.69) is 20.8 Å². The average molecular weight is 290 g/mol. The molecule has 6 nitrogen and oxygen atoms in total. The minimum Gasteiger partial charge on any atom is -0.354 e. The molecule has 21 heavy (non-hydrogen) atoms. The highest BCUT2D eigenvalue weighted by atomic mass is 15.3. The monoisotopic (exact) mass is 290 g/mol. The zero-order valence-corrected chi connectivity index (χ0v) is 13.1. The lowest BCUT2D eigenvalue weighted by Gasteiger charge is -2.25. The fourth-order valence-electron chi connectivity index (χ4n) is 2.73. The van der Waals surface area contributed by atoms with Gasteiger partial charge in [-0.15, -0.1) is 10.2 Å². The zero-order valence-electron chi connectivity index (χ0n) is 13.1. The van der Waals surface area contributed by atoms with Crippen LogP contribution in [0.5, 0.6) is 0 Å². The minimum absolute atomic E-state index is 0.574. The Morgan fingerprint density at radius 2 is 1.76 bits per heavy atom. The number of aliphatic imine (C=N–C) groups is 1. The van der Waals surface area contributed by atoms with Crippen molar-refractivity contribution in [3.05, 3.63) is 11.6 Å². The molecule has 0 spiro atoms. The Morgan fingerprint density at radius 3 is 2.33 bits per heavy atom. The molecule has 0 radical (unpaired) electrons. The number of rotatable bonds is 4. The highest BCUT2D eigenvalue weighted by Gasteiger charge is 2.24. The van der Waals surface area contributed by atoms with Crippen molar-refractivity contribution in [3.8, 4) is 0 Å². The summed E-state index contributed by atoms with van der Waals surface area (Å²) in [5, 5.41) is 15.4. The number of hydrogen-bond acceptors (Lipinski definition) is 3. The second-order valence-corrected chi connectivity index (χ2v) is 6.29. The summed E-state index contributed by atoms with van der Waals surface area (Å²) in [4.78, 5) is 4.71. The van der Waals surface area contributed by atoms with Gasteiger partial charge in [-0.05, 0) is 32.6 Å². The van der Waals surface area contributed by atoms with Gasteiger partial charge in [-0.1, -0.05) is 19.3 Å². The Labute approximate surface area is 126 Å². The third kappa shape index (κ3) is 3.95. The van der Waals surface area contributed by atoms with E-state index in [9.17, 15) is 0 Å². The topological polar surface area (TPSA) is 67.1 Å². The second kappa shape index (κ2) is 6.45. The molecule has 6 heteroatoms. The Kier molecular flexibility index (Phi) is 4.41. The summed E-state index contributed by atoms with van der Waals surface area (Å²) in [6, 6.07) is 1.19. The number of nitrogens with one attached hydrogen (secondary N) is 2. The van der Waals surface area contributed by atoms with Gasteiger partial charge in [0.2, 0.25) is 0 Å². The van der Waals surface area contributed by atoms with Gasteiger partial charge in [-0.2, -0.15) is 0 Å². The van der Waals surface area contributed by atoms with E-state index < -0.39 is 0 Å². The summed E-state index contributed by atoms with van der Waals surface area (Å²) in [5.74, 6) is 2.79. The summed E-state index contributed by atoms with van der Waals surface area (Å²) in [5.41, 5.74) is 0. The number of aromatic nitrogens is 3. The first-order valence-corrected chi connectivity index (χ1v) is 8.15.